The van der Waals surface area contributed by atoms with Gasteiger partial charge >= 0.3 is 0 Å². The number of amides is 2. The van der Waals surface area contributed by atoms with E-state index in [1.54, 1.807) is 41.9 Å². The lowest BCUT2D eigenvalue weighted by Gasteiger charge is -2.09. The fraction of sp³-hybridized carbons (Fsp3) is 0.105. The number of hydrogen-bond acceptors (Lipinski definition) is 4. The van der Waals surface area contributed by atoms with Gasteiger partial charge in [-0.3, -0.25) is 14.9 Å². The topological polar surface area (TPSA) is 71.1 Å². The number of aryl methyl sites for hydroxylation is 2. The number of benzene rings is 2. The first-order valence-electron chi connectivity index (χ1n) is 7.72. The first-order valence-corrected chi connectivity index (χ1v) is 8.60. The number of hydrogen-bond donors (Lipinski definition) is 2. The van der Waals surface area contributed by atoms with Crippen molar-refractivity contribution in [3.05, 3.63) is 76.3 Å². The van der Waals surface area contributed by atoms with Gasteiger partial charge in [-0.05, 0) is 55.3 Å². The summed E-state index contributed by atoms with van der Waals surface area (Å²) in [6.07, 6.45) is 1.63. The molecule has 0 saturated heterocycles. The summed E-state index contributed by atoms with van der Waals surface area (Å²) in [7, 11) is 0. The third-order valence-electron chi connectivity index (χ3n) is 3.80. The Bertz CT molecular complexity index is 920. The van der Waals surface area contributed by atoms with Gasteiger partial charge in [0, 0.05) is 28.4 Å². The number of aromatic nitrogens is 1. The first kappa shape index (κ1) is 16.9. The molecular formula is C19H17N3O2S. The van der Waals surface area contributed by atoms with Gasteiger partial charge in [0.25, 0.3) is 11.8 Å². The van der Waals surface area contributed by atoms with Gasteiger partial charge in [0.05, 0.1) is 0 Å². The zero-order valence-electron chi connectivity index (χ0n) is 13.9. The summed E-state index contributed by atoms with van der Waals surface area (Å²) < 4.78 is 0. The molecule has 126 valence electrons. The van der Waals surface area contributed by atoms with Crippen LogP contribution in [0.1, 0.15) is 31.8 Å². The zero-order valence-corrected chi connectivity index (χ0v) is 14.7. The van der Waals surface area contributed by atoms with Crippen LogP contribution in [-0.2, 0) is 0 Å². The Balaban J connectivity index is 1.73. The number of carbonyl (C=O) groups excluding carboxylic acids is 2. The van der Waals surface area contributed by atoms with Crippen molar-refractivity contribution in [3.8, 4) is 0 Å². The Hall–Kier alpha value is -2.99. The molecule has 1 aromatic heterocycles. The van der Waals surface area contributed by atoms with Crippen LogP contribution in [0.4, 0.5) is 10.8 Å². The molecule has 0 aliphatic rings. The quantitative estimate of drug-likeness (QED) is 0.737. The molecule has 0 atom stereocenters. The summed E-state index contributed by atoms with van der Waals surface area (Å²) in [5, 5.41) is 7.87. The molecule has 3 rings (SSSR count). The zero-order chi connectivity index (χ0) is 17.8. The van der Waals surface area contributed by atoms with E-state index in [-0.39, 0.29) is 11.8 Å². The fourth-order valence-corrected chi connectivity index (χ4v) is 2.80. The largest absolute Gasteiger partial charge is 0.322 e. The van der Waals surface area contributed by atoms with Crippen molar-refractivity contribution in [2.24, 2.45) is 0 Å². The van der Waals surface area contributed by atoms with E-state index in [2.05, 4.69) is 15.6 Å². The Morgan fingerprint density at radius 2 is 1.68 bits per heavy atom. The normalized spacial score (nSPS) is 10.3. The Morgan fingerprint density at radius 1 is 0.920 bits per heavy atom. The minimum Gasteiger partial charge on any atom is -0.322 e. The molecule has 2 amide bonds. The third-order valence-corrected chi connectivity index (χ3v) is 4.49. The Labute approximate surface area is 149 Å². The van der Waals surface area contributed by atoms with Crippen LogP contribution < -0.4 is 10.6 Å². The number of nitrogens with one attached hydrogen (secondary N) is 2. The van der Waals surface area contributed by atoms with E-state index >= 15 is 0 Å². The fourth-order valence-electron chi connectivity index (χ4n) is 2.28. The predicted octanol–water partition coefficient (Wildman–Crippen LogP) is 4.26. The highest BCUT2D eigenvalue weighted by Gasteiger charge is 2.11. The standard InChI is InChI=1S/C19H17N3O2S/c1-12-6-7-15(10-13(12)2)17(23)21-16-5-3-4-14(11-16)18(24)22-19-20-8-9-25-19/h3-11H,1-2H3,(H,21,23)(H,20,22,24). The van der Waals surface area contributed by atoms with E-state index in [1.807, 2.05) is 26.0 Å². The van der Waals surface area contributed by atoms with Gasteiger partial charge in [0.2, 0.25) is 0 Å². The minimum atomic E-state index is -0.266. The molecule has 25 heavy (non-hydrogen) atoms. The SMILES string of the molecule is Cc1ccc(C(=O)Nc2cccc(C(=O)Nc3nccs3)c2)cc1C. The minimum absolute atomic E-state index is 0.208. The summed E-state index contributed by atoms with van der Waals surface area (Å²) >= 11 is 1.35. The monoisotopic (exact) mass is 351 g/mol. The average Bonchev–Trinajstić information content (AvgIpc) is 3.10. The summed E-state index contributed by atoms with van der Waals surface area (Å²) in [4.78, 5) is 28.7. The molecule has 0 fully saturated rings. The maximum absolute atomic E-state index is 12.4. The lowest BCUT2D eigenvalue weighted by Crippen LogP contribution is -2.14. The highest BCUT2D eigenvalue weighted by molar-refractivity contribution is 7.13. The van der Waals surface area contributed by atoms with Crippen LogP contribution in [0.5, 0.6) is 0 Å². The molecule has 3 aromatic rings. The molecule has 5 nitrogen and oxygen atoms in total. The summed E-state index contributed by atoms with van der Waals surface area (Å²) in [6, 6.07) is 12.4. The van der Waals surface area contributed by atoms with E-state index in [1.165, 1.54) is 11.3 Å². The van der Waals surface area contributed by atoms with Crippen molar-refractivity contribution in [3.63, 3.8) is 0 Å². The number of nitrogens with zero attached hydrogens (tertiary/aromatic N) is 1. The number of carbonyl (C=O) groups is 2. The lowest BCUT2D eigenvalue weighted by molar-refractivity contribution is 0.101. The molecule has 6 heteroatoms. The van der Waals surface area contributed by atoms with Gasteiger partial charge in [-0.2, -0.15) is 0 Å². The Morgan fingerprint density at radius 3 is 2.40 bits per heavy atom. The number of anilines is 2. The van der Waals surface area contributed by atoms with Crippen molar-refractivity contribution in [2.75, 3.05) is 10.6 Å². The molecular weight excluding hydrogens is 334 g/mol. The van der Waals surface area contributed by atoms with E-state index in [0.717, 1.165) is 11.1 Å². The maximum atomic E-state index is 12.4. The van der Waals surface area contributed by atoms with Gasteiger partial charge < -0.3 is 5.32 Å². The average molecular weight is 351 g/mol. The van der Waals surface area contributed by atoms with E-state index in [0.29, 0.717) is 21.9 Å². The number of rotatable bonds is 4. The first-order chi connectivity index (χ1) is 12.0. The maximum Gasteiger partial charge on any atom is 0.257 e. The van der Waals surface area contributed by atoms with Crippen LogP contribution in [0.15, 0.2) is 54.0 Å². The van der Waals surface area contributed by atoms with Crippen molar-refractivity contribution in [1.82, 2.24) is 4.98 Å². The smallest absolute Gasteiger partial charge is 0.257 e. The lowest BCUT2D eigenvalue weighted by atomic mass is 10.1. The molecule has 1 heterocycles. The molecule has 0 aliphatic heterocycles. The van der Waals surface area contributed by atoms with Crippen LogP contribution >= 0.6 is 11.3 Å². The molecule has 2 aromatic carbocycles. The van der Waals surface area contributed by atoms with Crippen molar-refractivity contribution >= 4 is 34.0 Å². The molecule has 0 unspecified atom stereocenters. The van der Waals surface area contributed by atoms with Gasteiger partial charge in [0.1, 0.15) is 0 Å². The third kappa shape index (κ3) is 4.10. The second-order valence-electron chi connectivity index (χ2n) is 5.63. The van der Waals surface area contributed by atoms with Crippen molar-refractivity contribution in [1.29, 1.82) is 0 Å². The molecule has 0 spiro atoms. The van der Waals surface area contributed by atoms with Crippen molar-refractivity contribution in [2.45, 2.75) is 13.8 Å². The van der Waals surface area contributed by atoms with Crippen molar-refractivity contribution < 1.29 is 9.59 Å². The van der Waals surface area contributed by atoms with E-state index < -0.39 is 0 Å². The highest BCUT2D eigenvalue weighted by Crippen LogP contribution is 2.17. The molecule has 0 radical (unpaired) electrons. The van der Waals surface area contributed by atoms with E-state index in [4.69, 9.17) is 0 Å². The summed E-state index contributed by atoms with van der Waals surface area (Å²) in [6.45, 7) is 3.97. The van der Waals surface area contributed by atoms with Crippen LogP contribution in [0.3, 0.4) is 0 Å². The predicted molar refractivity (Wildman–Crippen MR) is 100 cm³/mol. The van der Waals surface area contributed by atoms with Crippen LogP contribution in [-0.4, -0.2) is 16.8 Å². The second-order valence-corrected chi connectivity index (χ2v) is 6.52. The van der Waals surface area contributed by atoms with Gasteiger partial charge in [0.15, 0.2) is 5.13 Å². The molecule has 0 aliphatic carbocycles. The number of thiazole rings is 1. The van der Waals surface area contributed by atoms with Gasteiger partial charge in [-0.25, -0.2) is 4.98 Å². The highest BCUT2D eigenvalue weighted by atomic mass is 32.1. The van der Waals surface area contributed by atoms with Crippen LogP contribution in [0, 0.1) is 13.8 Å². The van der Waals surface area contributed by atoms with Gasteiger partial charge in [-0.1, -0.05) is 12.1 Å². The van der Waals surface area contributed by atoms with E-state index in [9.17, 15) is 9.59 Å². The Kier molecular flexibility index (Phi) is 4.90. The molecule has 0 saturated carbocycles. The molecule has 0 bridgehead atoms. The summed E-state index contributed by atoms with van der Waals surface area (Å²) in [5.74, 6) is -0.474. The second kappa shape index (κ2) is 7.27. The van der Waals surface area contributed by atoms with Crippen LogP contribution in [0.2, 0.25) is 0 Å². The van der Waals surface area contributed by atoms with Gasteiger partial charge in [-0.15, -0.1) is 11.3 Å². The summed E-state index contributed by atoms with van der Waals surface area (Å²) in [5.41, 5.74) is 3.80. The van der Waals surface area contributed by atoms with Crippen LogP contribution in [0.25, 0.3) is 0 Å². The molecule has 2 N–H and O–H groups in total.